The van der Waals surface area contributed by atoms with Crippen LogP contribution in [0.15, 0.2) is 59.6 Å². The molecule has 1 aromatic heterocycles. The molecule has 0 bridgehead atoms. The van der Waals surface area contributed by atoms with Crippen molar-refractivity contribution in [3.63, 3.8) is 0 Å². The summed E-state index contributed by atoms with van der Waals surface area (Å²) in [5.41, 5.74) is 2.22. The van der Waals surface area contributed by atoms with Crippen LogP contribution in [0.3, 0.4) is 0 Å². The van der Waals surface area contributed by atoms with E-state index in [-0.39, 0.29) is 11.7 Å². The first kappa shape index (κ1) is 20.0. The van der Waals surface area contributed by atoms with Crippen molar-refractivity contribution in [1.82, 2.24) is 10.2 Å². The van der Waals surface area contributed by atoms with Gasteiger partial charge in [0.1, 0.15) is 16.5 Å². The normalized spacial score (nSPS) is 10.4. The Labute approximate surface area is 172 Å². The van der Waals surface area contributed by atoms with Crippen molar-refractivity contribution >= 4 is 35.0 Å². The summed E-state index contributed by atoms with van der Waals surface area (Å²) >= 11 is 7.20. The summed E-state index contributed by atoms with van der Waals surface area (Å²) < 4.78 is 10.4. The highest BCUT2D eigenvalue weighted by Crippen LogP contribution is 2.29. The number of nitrogens with one attached hydrogen (secondary N) is 1. The highest BCUT2D eigenvalue weighted by atomic mass is 35.5. The standard InChI is InChI=1S/C20H18ClN3O3S/c1-26-15-7-9-18(27-2)17(11-15)22-19(25)12-28-20-10-8-16(23-24-20)13-3-5-14(21)6-4-13/h3-11H,12H2,1-2H3,(H,22,25). The second-order valence-electron chi connectivity index (χ2n) is 5.67. The van der Waals surface area contributed by atoms with Crippen molar-refractivity contribution in [3.8, 4) is 22.8 Å². The van der Waals surface area contributed by atoms with Crippen LogP contribution in [-0.2, 0) is 4.79 Å². The topological polar surface area (TPSA) is 73.3 Å². The first-order valence-corrected chi connectivity index (χ1v) is 9.70. The van der Waals surface area contributed by atoms with Crippen molar-refractivity contribution in [2.75, 3.05) is 25.3 Å². The van der Waals surface area contributed by atoms with Gasteiger partial charge in [-0.05, 0) is 36.4 Å². The van der Waals surface area contributed by atoms with Crippen molar-refractivity contribution in [1.29, 1.82) is 0 Å². The van der Waals surface area contributed by atoms with Crippen molar-refractivity contribution in [2.24, 2.45) is 0 Å². The molecule has 0 saturated heterocycles. The van der Waals surface area contributed by atoms with Gasteiger partial charge in [0.2, 0.25) is 5.91 Å². The Morgan fingerprint density at radius 3 is 2.46 bits per heavy atom. The van der Waals surface area contributed by atoms with E-state index in [1.54, 1.807) is 44.6 Å². The molecule has 1 amide bonds. The quantitative estimate of drug-likeness (QED) is 0.571. The zero-order chi connectivity index (χ0) is 19.9. The Morgan fingerprint density at radius 2 is 1.82 bits per heavy atom. The highest BCUT2D eigenvalue weighted by Gasteiger charge is 2.10. The van der Waals surface area contributed by atoms with Gasteiger partial charge in [-0.1, -0.05) is 35.5 Å². The van der Waals surface area contributed by atoms with Gasteiger partial charge in [-0.2, -0.15) is 0 Å². The zero-order valence-corrected chi connectivity index (χ0v) is 16.9. The molecular formula is C20H18ClN3O3S. The number of rotatable bonds is 7. The Kier molecular flexibility index (Phi) is 6.73. The minimum absolute atomic E-state index is 0.180. The van der Waals surface area contributed by atoms with E-state index in [1.165, 1.54) is 11.8 Å². The van der Waals surface area contributed by atoms with Crippen molar-refractivity contribution in [2.45, 2.75) is 5.03 Å². The van der Waals surface area contributed by atoms with E-state index < -0.39 is 0 Å². The fourth-order valence-corrected chi connectivity index (χ4v) is 3.15. The van der Waals surface area contributed by atoms with Gasteiger partial charge in [0, 0.05) is 16.7 Å². The number of carbonyl (C=O) groups excluding carboxylic acids is 1. The molecule has 8 heteroatoms. The number of ether oxygens (including phenoxy) is 2. The Hall–Kier alpha value is -2.77. The third-order valence-electron chi connectivity index (χ3n) is 3.81. The lowest BCUT2D eigenvalue weighted by Crippen LogP contribution is -2.15. The molecule has 0 aliphatic carbocycles. The first-order chi connectivity index (χ1) is 13.6. The lowest BCUT2D eigenvalue weighted by Gasteiger charge is -2.11. The third kappa shape index (κ3) is 5.15. The maximum absolute atomic E-state index is 12.3. The molecule has 2 aromatic carbocycles. The molecule has 1 N–H and O–H groups in total. The van der Waals surface area contributed by atoms with Crippen molar-refractivity contribution in [3.05, 3.63) is 59.6 Å². The number of nitrogens with zero attached hydrogens (tertiary/aromatic N) is 2. The lowest BCUT2D eigenvalue weighted by atomic mass is 10.1. The Bertz CT molecular complexity index is 950. The lowest BCUT2D eigenvalue weighted by molar-refractivity contribution is -0.113. The summed E-state index contributed by atoms with van der Waals surface area (Å²) in [5.74, 6) is 1.20. The van der Waals surface area contributed by atoms with E-state index in [9.17, 15) is 4.79 Å². The zero-order valence-electron chi connectivity index (χ0n) is 15.3. The van der Waals surface area contributed by atoms with E-state index in [0.717, 1.165) is 11.3 Å². The fraction of sp³-hybridized carbons (Fsp3) is 0.150. The van der Waals surface area contributed by atoms with Gasteiger partial charge in [0.15, 0.2) is 0 Å². The SMILES string of the molecule is COc1ccc(OC)c(NC(=O)CSc2ccc(-c3ccc(Cl)cc3)nn2)c1. The van der Waals surface area contributed by atoms with Gasteiger partial charge in [-0.25, -0.2) is 0 Å². The molecule has 0 atom stereocenters. The van der Waals surface area contributed by atoms with Crippen LogP contribution < -0.4 is 14.8 Å². The predicted octanol–water partition coefficient (Wildman–Crippen LogP) is 4.55. The van der Waals surface area contributed by atoms with Crippen LogP contribution in [0.4, 0.5) is 5.69 Å². The minimum Gasteiger partial charge on any atom is -0.497 e. The molecule has 3 aromatic rings. The molecule has 28 heavy (non-hydrogen) atoms. The van der Waals surface area contributed by atoms with Gasteiger partial charge in [0.25, 0.3) is 0 Å². The summed E-state index contributed by atoms with van der Waals surface area (Å²) in [7, 11) is 3.11. The van der Waals surface area contributed by atoms with Gasteiger partial charge >= 0.3 is 0 Å². The van der Waals surface area contributed by atoms with Crippen molar-refractivity contribution < 1.29 is 14.3 Å². The second kappa shape index (κ2) is 9.43. The third-order valence-corrected chi connectivity index (χ3v) is 4.98. The second-order valence-corrected chi connectivity index (χ2v) is 7.10. The van der Waals surface area contributed by atoms with E-state index in [2.05, 4.69) is 15.5 Å². The number of aromatic nitrogens is 2. The average molecular weight is 416 g/mol. The van der Waals surface area contributed by atoms with E-state index in [1.807, 2.05) is 24.3 Å². The minimum atomic E-state index is -0.180. The molecule has 0 radical (unpaired) electrons. The highest BCUT2D eigenvalue weighted by molar-refractivity contribution is 7.99. The molecule has 6 nitrogen and oxygen atoms in total. The Morgan fingerprint density at radius 1 is 1.04 bits per heavy atom. The fourth-order valence-electron chi connectivity index (χ4n) is 2.41. The molecule has 0 aliphatic heterocycles. The van der Waals surface area contributed by atoms with Crippen LogP contribution in [0.25, 0.3) is 11.3 Å². The number of hydrogen-bond acceptors (Lipinski definition) is 6. The largest absolute Gasteiger partial charge is 0.497 e. The number of hydrogen-bond donors (Lipinski definition) is 1. The monoisotopic (exact) mass is 415 g/mol. The number of halogens is 1. The van der Waals surface area contributed by atoms with Crippen LogP contribution in [0.1, 0.15) is 0 Å². The average Bonchev–Trinajstić information content (AvgIpc) is 2.73. The molecule has 0 aliphatic rings. The number of anilines is 1. The molecule has 0 fully saturated rings. The number of carbonyl (C=O) groups is 1. The van der Waals surface area contributed by atoms with E-state index in [0.29, 0.717) is 27.2 Å². The van der Waals surface area contributed by atoms with Gasteiger partial charge in [0.05, 0.1) is 31.4 Å². The predicted molar refractivity (Wildman–Crippen MR) is 111 cm³/mol. The number of thioether (sulfide) groups is 1. The molecule has 3 rings (SSSR count). The van der Waals surface area contributed by atoms with E-state index >= 15 is 0 Å². The summed E-state index contributed by atoms with van der Waals surface area (Å²) in [5, 5.41) is 12.5. The van der Waals surface area contributed by atoms with E-state index in [4.69, 9.17) is 21.1 Å². The smallest absolute Gasteiger partial charge is 0.234 e. The van der Waals surface area contributed by atoms with Gasteiger partial charge in [-0.15, -0.1) is 10.2 Å². The number of methoxy groups -OCH3 is 2. The van der Waals surface area contributed by atoms with Gasteiger partial charge in [-0.3, -0.25) is 4.79 Å². The summed E-state index contributed by atoms with van der Waals surface area (Å²) in [6.45, 7) is 0. The molecule has 0 spiro atoms. The maximum atomic E-state index is 12.3. The van der Waals surface area contributed by atoms with Crippen LogP contribution in [0, 0.1) is 0 Å². The molecule has 0 unspecified atom stereocenters. The van der Waals surface area contributed by atoms with Gasteiger partial charge < -0.3 is 14.8 Å². The summed E-state index contributed by atoms with van der Waals surface area (Å²) in [6.07, 6.45) is 0. The van der Waals surface area contributed by atoms with Crippen LogP contribution in [0.2, 0.25) is 5.02 Å². The molecule has 0 saturated carbocycles. The summed E-state index contributed by atoms with van der Waals surface area (Å²) in [4.78, 5) is 12.3. The maximum Gasteiger partial charge on any atom is 0.234 e. The molecular weight excluding hydrogens is 398 g/mol. The molecule has 1 heterocycles. The summed E-state index contributed by atoms with van der Waals surface area (Å²) in [6, 6.07) is 16.3. The van der Waals surface area contributed by atoms with Crippen LogP contribution in [0.5, 0.6) is 11.5 Å². The first-order valence-electron chi connectivity index (χ1n) is 8.33. The Balaban J connectivity index is 1.59. The van der Waals surface area contributed by atoms with Crippen LogP contribution >= 0.6 is 23.4 Å². The number of benzene rings is 2. The van der Waals surface area contributed by atoms with Crippen LogP contribution in [-0.4, -0.2) is 36.1 Å². The molecule has 144 valence electrons. The number of amides is 1.